The Bertz CT molecular complexity index is 300. The van der Waals surface area contributed by atoms with Gasteiger partial charge in [-0.15, -0.1) is 0 Å². The molecule has 5 nitrogen and oxygen atoms in total. The van der Waals surface area contributed by atoms with Crippen molar-refractivity contribution in [1.82, 2.24) is 9.80 Å². The molecule has 0 N–H and O–H groups in total. The van der Waals surface area contributed by atoms with Gasteiger partial charge in [-0.25, -0.2) is 0 Å². The number of Topliss-reactive ketones (excluding diaryl/α,β-unsaturated/α-hetero) is 1. The Balaban J connectivity index is 1.73. The summed E-state index contributed by atoms with van der Waals surface area (Å²) in [6.45, 7) is 6.71. The molecule has 17 heavy (non-hydrogen) atoms. The molecule has 0 saturated carbocycles. The van der Waals surface area contributed by atoms with Crippen molar-refractivity contribution in [3.05, 3.63) is 0 Å². The molecule has 1 amide bonds. The van der Waals surface area contributed by atoms with Crippen molar-refractivity contribution in [2.45, 2.75) is 25.8 Å². The predicted octanol–water partition coefficient (Wildman–Crippen LogP) is -0.101. The van der Waals surface area contributed by atoms with E-state index >= 15 is 0 Å². The minimum absolute atomic E-state index is 0.0100. The molecule has 2 heterocycles. The Morgan fingerprint density at radius 3 is 2.59 bits per heavy atom. The summed E-state index contributed by atoms with van der Waals surface area (Å²) >= 11 is 0. The van der Waals surface area contributed by atoms with Crippen LogP contribution in [0.15, 0.2) is 0 Å². The van der Waals surface area contributed by atoms with E-state index in [4.69, 9.17) is 4.74 Å². The van der Waals surface area contributed by atoms with Crippen molar-refractivity contribution in [3.8, 4) is 0 Å². The van der Waals surface area contributed by atoms with Gasteiger partial charge >= 0.3 is 0 Å². The number of amides is 1. The number of morpholine rings is 1. The van der Waals surface area contributed by atoms with Crippen molar-refractivity contribution in [1.29, 1.82) is 0 Å². The number of ether oxygens (including phenoxy) is 1. The van der Waals surface area contributed by atoms with Crippen molar-refractivity contribution in [3.63, 3.8) is 0 Å². The normalized spacial score (nSPS) is 24.4. The molecule has 5 heteroatoms. The lowest BCUT2D eigenvalue weighted by molar-refractivity contribution is -0.128. The number of ketones is 1. The first-order valence-electron chi connectivity index (χ1n) is 6.28. The second-order valence-corrected chi connectivity index (χ2v) is 4.82. The summed E-state index contributed by atoms with van der Waals surface area (Å²) in [4.78, 5) is 26.6. The van der Waals surface area contributed by atoms with E-state index in [1.54, 1.807) is 4.90 Å². The van der Waals surface area contributed by atoms with E-state index < -0.39 is 0 Å². The summed E-state index contributed by atoms with van der Waals surface area (Å²) in [7, 11) is 0. The third-order valence-corrected chi connectivity index (χ3v) is 3.55. The highest BCUT2D eigenvalue weighted by Crippen LogP contribution is 2.11. The van der Waals surface area contributed by atoms with Gasteiger partial charge in [-0.3, -0.25) is 14.5 Å². The molecule has 0 aromatic rings. The van der Waals surface area contributed by atoms with Gasteiger partial charge in [0.05, 0.1) is 26.2 Å². The Labute approximate surface area is 102 Å². The highest BCUT2D eigenvalue weighted by atomic mass is 16.5. The van der Waals surface area contributed by atoms with Crippen molar-refractivity contribution in [2.24, 2.45) is 0 Å². The molecule has 1 atom stereocenters. The van der Waals surface area contributed by atoms with Gasteiger partial charge in [-0.1, -0.05) is 0 Å². The van der Waals surface area contributed by atoms with Crippen LogP contribution in [0.3, 0.4) is 0 Å². The number of rotatable bonds is 4. The maximum absolute atomic E-state index is 11.4. The molecule has 96 valence electrons. The van der Waals surface area contributed by atoms with Crippen LogP contribution >= 0.6 is 0 Å². The monoisotopic (exact) mass is 240 g/mol. The maximum atomic E-state index is 11.4. The third kappa shape index (κ3) is 3.26. The molecule has 2 rings (SSSR count). The van der Waals surface area contributed by atoms with Crippen LogP contribution < -0.4 is 0 Å². The lowest BCUT2D eigenvalue weighted by Gasteiger charge is -2.33. The van der Waals surface area contributed by atoms with E-state index in [0.29, 0.717) is 19.1 Å². The molecule has 0 aromatic heterocycles. The van der Waals surface area contributed by atoms with Crippen LogP contribution in [0.25, 0.3) is 0 Å². The molecular formula is C12H20N2O3. The lowest BCUT2D eigenvalue weighted by Crippen LogP contribution is -2.43. The van der Waals surface area contributed by atoms with Gasteiger partial charge in [0.15, 0.2) is 5.78 Å². The lowest BCUT2D eigenvalue weighted by atomic mass is 10.2. The second-order valence-electron chi connectivity index (χ2n) is 4.82. The molecule has 2 fully saturated rings. The fraction of sp³-hybridized carbons (Fsp3) is 0.833. The van der Waals surface area contributed by atoms with Crippen molar-refractivity contribution < 1.29 is 14.3 Å². The average molecular weight is 240 g/mol. The topological polar surface area (TPSA) is 49.9 Å². The Kier molecular flexibility index (Phi) is 4.12. The van der Waals surface area contributed by atoms with E-state index in [0.717, 1.165) is 32.7 Å². The maximum Gasteiger partial charge on any atom is 0.230 e. The van der Waals surface area contributed by atoms with Crippen LogP contribution in [0, 0.1) is 0 Å². The number of carbonyl (C=O) groups excluding carboxylic acids is 2. The van der Waals surface area contributed by atoms with E-state index in [-0.39, 0.29) is 18.1 Å². The molecule has 0 aliphatic carbocycles. The van der Waals surface area contributed by atoms with E-state index in [9.17, 15) is 9.59 Å². The van der Waals surface area contributed by atoms with Gasteiger partial charge in [0.1, 0.15) is 0 Å². The van der Waals surface area contributed by atoms with Crippen LogP contribution in [-0.4, -0.2) is 66.9 Å². The van der Waals surface area contributed by atoms with Crippen LogP contribution in [0.2, 0.25) is 0 Å². The SMILES string of the molecule is CC(CCN1CC(=O)CC1=O)N1CCOCC1. The average Bonchev–Trinajstić information content (AvgIpc) is 2.66. The second kappa shape index (κ2) is 5.60. The number of carbonyl (C=O) groups is 2. The molecule has 0 radical (unpaired) electrons. The Morgan fingerprint density at radius 2 is 2.00 bits per heavy atom. The minimum atomic E-state index is -0.0100. The van der Waals surface area contributed by atoms with Crippen molar-refractivity contribution in [2.75, 3.05) is 39.4 Å². The largest absolute Gasteiger partial charge is 0.379 e. The summed E-state index contributed by atoms with van der Waals surface area (Å²) < 4.78 is 5.31. The van der Waals surface area contributed by atoms with E-state index in [2.05, 4.69) is 11.8 Å². The molecule has 2 saturated heterocycles. The van der Waals surface area contributed by atoms with E-state index in [1.165, 1.54) is 0 Å². The molecule has 2 aliphatic rings. The molecule has 1 unspecified atom stereocenters. The number of hydrogen-bond donors (Lipinski definition) is 0. The molecule has 0 bridgehead atoms. The van der Waals surface area contributed by atoms with Gasteiger partial charge in [0, 0.05) is 25.7 Å². The van der Waals surface area contributed by atoms with Gasteiger partial charge in [0.25, 0.3) is 0 Å². The van der Waals surface area contributed by atoms with Crippen molar-refractivity contribution >= 4 is 11.7 Å². The fourth-order valence-corrected chi connectivity index (χ4v) is 2.38. The molecule has 2 aliphatic heterocycles. The Morgan fingerprint density at radius 1 is 1.29 bits per heavy atom. The Hall–Kier alpha value is -0.940. The first kappa shape index (κ1) is 12.5. The van der Waals surface area contributed by atoms with Gasteiger partial charge in [-0.05, 0) is 13.3 Å². The van der Waals surface area contributed by atoms with Gasteiger partial charge in [-0.2, -0.15) is 0 Å². The third-order valence-electron chi connectivity index (χ3n) is 3.55. The van der Waals surface area contributed by atoms with Gasteiger partial charge in [0.2, 0.25) is 5.91 Å². The zero-order valence-electron chi connectivity index (χ0n) is 10.4. The summed E-state index contributed by atoms with van der Waals surface area (Å²) in [5.74, 6) is 0.0400. The van der Waals surface area contributed by atoms with Crippen LogP contribution in [0.5, 0.6) is 0 Å². The number of nitrogens with zero attached hydrogens (tertiary/aromatic N) is 2. The quantitative estimate of drug-likeness (QED) is 0.644. The van der Waals surface area contributed by atoms with Crippen LogP contribution in [-0.2, 0) is 14.3 Å². The zero-order chi connectivity index (χ0) is 12.3. The van der Waals surface area contributed by atoms with Crippen LogP contribution in [0.4, 0.5) is 0 Å². The number of hydrogen-bond acceptors (Lipinski definition) is 4. The summed E-state index contributed by atoms with van der Waals surface area (Å²) in [5, 5.41) is 0. The predicted molar refractivity (Wildman–Crippen MR) is 62.7 cm³/mol. The zero-order valence-corrected chi connectivity index (χ0v) is 10.4. The molecule has 0 aromatic carbocycles. The summed E-state index contributed by atoms with van der Waals surface area (Å²) in [6, 6.07) is 0.447. The molecular weight excluding hydrogens is 220 g/mol. The van der Waals surface area contributed by atoms with Gasteiger partial charge < -0.3 is 9.64 Å². The smallest absolute Gasteiger partial charge is 0.230 e. The first-order valence-corrected chi connectivity index (χ1v) is 6.28. The fourth-order valence-electron chi connectivity index (χ4n) is 2.38. The van der Waals surface area contributed by atoms with Crippen LogP contribution in [0.1, 0.15) is 19.8 Å². The standard InChI is InChI=1S/C12H20N2O3/c1-10(13-4-6-17-7-5-13)2-3-14-9-11(15)8-12(14)16/h10H,2-9H2,1H3. The minimum Gasteiger partial charge on any atom is -0.379 e. The summed E-state index contributed by atoms with van der Waals surface area (Å²) in [6.07, 6.45) is 1.03. The number of likely N-dealkylation sites (tertiary alicyclic amines) is 1. The first-order chi connectivity index (χ1) is 8.16. The molecule has 0 spiro atoms. The van der Waals surface area contributed by atoms with E-state index in [1.807, 2.05) is 0 Å². The highest BCUT2D eigenvalue weighted by Gasteiger charge is 2.27. The summed E-state index contributed by atoms with van der Waals surface area (Å²) in [5.41, 5.74) is 0. The highest BCUT2D eigenvalue weighted by molar-refractivity contribution is 6.05.